The zero-order valence-electron chi connectivity index (χ0n) is 17.7. The number of alkyl halides is 2. The van der Waals surface area contributed by atoms with E-state index in [1.165, 1.54) is 6.42 Å². The molecular formula is C21H37F2N3O2. The van der Waals surface area contributed by atoms with Crippen LogP contribution in [0, 0.1) is 11.8 Å². The summed E-state index contributed by atoms with van der Waals surface area (Å²) in [6.45, 7) is 9.30. The second-order valence-electron chi connectivity index (χ2n) is 9.87. The summed E-state index contributed by atoms with van der Waals surface area (Å²) < 4.78 is 33.8. The minimum absolute atomic E-state index is 0.187. The minimum atomic E-state index is -2.61. The van der Waals surface area contributed by atoms with Crippen molar-refractivity contribution in [3.8, 4) is 0 Å². The van der Waals surface area contributed by atoms with Gasteiger partial charge in [-0.1, -0.05) is 0 Å². The Balaban J connectivity index is 1.38. The number of rotatable bonds is 3. The van der Waals surface area contributed by atoms with Gasteiger partial charge in [0.25, 0.3) is 5.92 Å². The van der Waals surface area contributed by atoms with Crippen LogP contribution < -0.4 is 5.32 Å². The Morgan fingerprint density at radius 1 is 1.04 bits per heavy atom. The van der Waals surface area contributed by atoms with E-state index >= 15 is 0 Å². The lowest BCUT2D eigenvalue weighted by Crippen LogP contribution is -2.58. The van der Waals surface area contributed by atoms with Gasteiger partial charge in [0.15, 0.2) is 0 Å². The maximum Gasteiger partial charge on any atom is 0.410 e. The van der Waals surface area contributed by atoms with Crippen molar-refractivity contribution in [2.75, 3.05) is 39.3 Å². The van der Waals surface area contributed by atoms with Crippen LogP contribution in [-0.2, 0) is 4.74 Å². The maximum atomic E-state index is 14.2. The summed E-state index contributed by atoms with van der Waals surface area (Å²) in [5.41, 5.74) is -0.451. The predicted octanol–water partition coefficient (Wildman–Crippen LogP) is 3.73. The molecule has 5 nitrogen and oxygen atoms in total. The zero-order chi connectivity index (χ0) is 20.4. The smallest absolute Gasteiger partial charge is 0.410 e. The van der Waals surface area contributed by atoms with E-state index in [0.29, 0.717) is 24.8 Å². The zero-order valence-corrected chi connectivity index (χ0v) is 17.7. The van der Waals surface area contributed by atoms with Gasteiger partial charge in [0.05, 0.1) is 12.6 Å². The molecule has 1 atom stereocenters. The molecule has 0 aromatic heterocycles. The van der Waals surface area contributed by atoms with Crippen molar-refractivity contribution in [3.05, 3.63) is 0 Å². The summed E-state index contributed by atoms with van der Waals surface area (Å²) in [6.07, 6.45) is 5.58. The molecule has 3 heterocycles. The van der Waals surface area contributed by atoms with Crippen LogP contribution in [-0.4, -0.2) is 72.7 Å². The van der Waals surface area contributed by atoms with Crippen molar-refractivity contribution in [1.29, 1.82) is 0 Å². The number of hydrogen-bond donors (Lipinski definition) is 1. The Bertz CT molecular complexity index is 522. The molecule has 3 aliphatic rings. The van der Waals surface area contributed by atoms with E-state index in [9.17, 15) is 13.6 Å². The Morgan fingerprint density at radius 2 is 1.61 bits per heavy atom. The van der Waals surface area contributed by atoms with E-state index < -0.39 is 17.6 Å². The van der Waals surface area contributed by atoms with Crippen molar-refractivity contribution >= 4 is 6.09 Å². The van der Waals surface area contributed by atoms with Crippen molar-refractivity contribution in [2.45, 2.75) is 76.9 Å². The molecule has 0 aromatic carbocycles. The average molecular weight is 402 g/mol. The SMILES string of the molecule is CC(C)(C)OC(=O)N1CCC(CC2CCN(C3CCNCC3(F)F)CC2)CC1. The molecule has 3 aliphatic heterocycles. The highest BCUT2D eigenvalue weighted by Gasteiger charge is 2.45. The topological polar surface area (TPSA) is 44.8 Å². The van der Waals surface area contributed by atoms with Crippen LogP contribution in [0.15, 0.2) is 0 Å². The van der Waals surface area contributed by atoms with E-state index in [0.717, 1.165) is 51.9 Å². The Hall–Kier alpha value is -0.950. The quantitative estimate of drug-likeness (QED) is 0.783. The number of nitrogens with one attached hydrogen (secondary N) is 1. The van der Waals surface area contributed by atoms with E-state index in [-0.39, 0.29) is 12.6 Å². The molecule has 0 spiro atoms. The van der Waals surface area contributed by atoms with Gasteiger partial charge < -0.3 is 15.0 Å². The van der Waals surface area contributed by atoms with Gasteiger partial charge >= 0.3 is 6.09 Å². The molecule has 162 valence electrons. The molecule has 0 aromatic rings. The van der Waals surface area contributed by atoms with Crippen LogP contribution in [0.2, 0.25) is 0 Å². The van der Waals surface area contributed by atoms with E-state index in [2.05, 4.69) is 5.32 Å². The number of ether oxygens (including phenoxy) is 1. The van der Waals surface area contributed by atoms with Gasteiger partial charge in [0.2, 0.25) is 0 Å². The van der Waals surface area contributed by atoms with Gasteiger partial charge in [-0.15, -0.1) is 0 Å². The first-order chi connectivity index (χ1) is 13.1. The number of hydrogen-bond acceptors (Lipinski definition) is 4. The van der Waals surface area contributed by atoms with Crippen molar-refractivity contribution in [2.24, 2.45) is 11.8 Å². The molecule has 1 amide bonds. The monoisotopic (exact) mass is 401 g/mol. The number of amides is 1. The molecule has 0 saturated carbocycles. The molecule has 0 bridgehead atoms. The summed E-state index contributed by atoms with van der Waals surface area (Å²) in [4.78, 5) is 16.0. The van der Waals surface area contributed by atoms with Gasteiger partial charge in [-0.2, -0.15) is 0 Å². The summed E-state index contributed by atoms with van der Waals surface area (Å²) >= 11 is 0. The minimum Gasteiger partial charge on any atom is -0.444 e. The molecular weight excluding hydrogens is 364 g/mol. The van der Waals surface area contributed by atoms with Crippen molar-refractivity contribution in [1.82, 2.24) is 15.1 Å². The number of likely N-dealkylation sites (tertiary alicyclic amines) is 2. The van der Waals surface area contributed by atoms with Crippen LogP contribution in [0.5, 0.6) is 0 Å². The summed E-state index contributed by atoms with van der Waals surface area (Å²) in [6, 6.07) is -0.591. The average Bonchev–Trinajstić information content (AvgIpc) is 2.61. The first kappa shape index (κ1) is 21.8. The lowest BCUT2D eigenvalue weighted by molar-refractivity contribution is -0.102. The first-order valence-electron chi connectivity index (χ1n) is 10.9. The van der Waals surface area contributed by atoms with Crippen LogP contribution in [0.4, 0.5) is 13.6 Å². The standard InChI is InChI=1S/C21H37F2N3O2/c1-20(2,3)28-19(27)26-12-7-17(8-13-26)14-16-5-10-25(11-6-16)18-4-9-24-15-21(18,22)23/h16-18,24H,4-15H2,1-3H3. The molecule has 7 heteroatoms. The third-order valence-corrected chi connectivity index (χ3v) is 6.47. The van der Waals surface area contributed by atoms with Crippen LogP contribution in [0.3, 0.4) is 0 Å². The highest BCUT2D eigenvalue weighted by Crippen LogP contribution is 2.34. The van der Waals surface area contributed by atoms with Gasteiger partial charge in [0, 0.05) is 13.1 Å². The van der Waals surface area contributed by atoms with Crippen LogP contribution in [0.1, 0.15) is 59.3 Å². The summed E-state index contributed by atoms with van der Waals surface area (Å²) in [7, 11) is 0. The van der Waals surface area contributed by atoms with Gasteiger partial charge in [-0.05, 0) is 90.8 Å². The Kier molecular flexibility index (Phi) is 6.85. The number of carbonyl (C=O) groups is 1. The third-order valence-electron chi connectivity index (χ3n) is 6.47. The van der Waals surface area contributed by atoms with E-state index in [1.54, 1.807) is 0 Å². The number of halogens is 2. The maximum absolute atomic E-state index is 14.2. The Morgan fingerprint density at radius 3 is 2.14 bits per heavy atom. The number of piperidine rings is 3. The fourth-order valence-corrected chi connectivity index (χ4v) is 4.92. The van der Waals surface area contributed by atoms with Crippen LogP contribution >= 0.6 is 0 Å². The molecule has 3 saturated heterocycles. The highest BCUT2D eigenvalue weighted by atomic mass is 19.3. The number of carbonyl (C=O) groups excluding carboxylic acids is 1. The molecule has 1 unspecified atom stereocenters. The number of nitrogens with zero attached hydrogens (tertiary/aromatic N) is 2. The van der Waals surface area contributed by atoms with Crippen molar-refractivity contribution in [3.63, 3.8) is 0 Å². The van der Waals surface area contributed by atoms with Crippen LogP contribution in [0.25, 0.3) is 0 Å². The second-order valence-corrected chi connectivity index (χ2v) is 9.87. The summed E-state index contributed by atoms with van der Waals surface area (Å²) in [5.74, 6) is -1.35. The normalized spacial score (nSPS) is 28.3. The predicted molar refractivity (Wildman–Crippen MR) is 106 cm³/mol. The largest absolute Gasteiger partial charge is 0.444 e. The van der Waals surface area contributed by atoms with Gasteiger partial charge in [0.1, 0.15) is 5.60 Å². The second kappa shape index (κ2) is 8.82. The molecule has 3 fully saturated rings. The fraction of sp³-hybridized carbons (Fsp3) is 0.952. The lowest BCUT2D eigenvalue weighted by atomic mass is 9.82. The molecule has 1 N–H and O–H groups in total. The highest BCUT2D eigenvalue weighted by molar-refractivity contribution is 5.68. The fourth-order valence-electron chi connectivity index (χ4n) is 4.92. The van der Waals surface area contributed by atoms with Gasteiger partial charge in [-0.3, -0.25) is 4.90 Å². The molecule has 0 aliphatic carbocycles. The molecule has 3 rings (SSSR count). The molecule has 0 radical (unpaired) electrons. The van der Waals surface area contributed by atoms with Gasteiger partial charge in [-0.25, -0.2) is 13.6 Å². The van der Waals surface area contributed by atoms with E-state index in [4.69, 9.17) is 4.74 Å². The first-order valence-corrected chi connectivity index (χ1v) is 10.9. The lowest BCUT2D eigenvalue weighted by Gasteiger charge is -2.43. The summed E-state index contributed by atoms with van der Waals surface area (Å²) in [5, 5.41) is 2.82. The van der Waals surface area contributed by atoms with E-state index in [1.807, 2.05) is 30.6 Å². The third kappa shape index (κ3) is 5.78. The molecule has 28 heavy (non-hydrogen) atoms. The van der Waals surface area contributed by atoms with Crippen molar-refractivity contribution < 1.29 is 18.3 Å². The Labute approximate surface area is 168 Å².